The van der Waals surface area contributed by atoms with E-state index in [2.05, 4.69) is 10.3 Å². The van der Waals surface area contributed by atoms with Crippen molar-refractivity contribution in [3.8, 4) is 0 Å². The lowest BCUT2D eigenvalue weighted by Gasteiger charge is -2.14. The van der Waals surface area contributed by atoms with Gasteiger partial charge in [0.1, 0.15) is 15.8 Å². The van der Waals surface area contributed by atoms with E-state index < -0.39 is 0 Å². The van der Waals surface area contributed by atoms with Crippen LogP contribution < -0.4 is 10.9 Å². The minimum absolute atomic E-state index is 0.197. The molecular weight excluding hydrogens is 460 g/mol. The van der Waals surface area contributed by atoms with Gasteiger partial charge in [-0.05, 0) is 51.3 Å². The maximum atomic E-state index is 13.4. The molecule has 0 radical (unpaired) electrons. The molecule has 1 aliphatic rings. The fourth-order valence-electron chi connectivity index (χ4n) is 3.34. The van der Waals surface area contributed by atoms with Crippen molar-refractivity contribution in [1.82, 2.24) is 14.3 Å². The standard InChI is InChI=1S/C23H30N4O4S2/c1-4-30-12-6-10-24-20-17(21(28)27-15-16(3)8-9-19(27)25-20)14-18-22(29)26(23(32)33-18)11-7-13-31-5-2/h8-9,14-15,24H,4-7,10-13H2,1-3H3/b18-14+. The molecule has 0 aliphatic carbocycles. The summed E-state index contributed by atoms with van der Waals surface area (Å²) in [5, 5.41) is 3.25. The number of amides is 1. The number of aromatic nitrogens is 2. The van der Waals surface area contributed by atoms with E-state index in [0.29, 0.717) is 72.2 Å². The van der Waals surface area contributed by atoms with Crippen LogP contribution in [0.3, 0.4) is 0 Å². The van der Waals surface area contributed by atoms with Gasteiger partial charge in [-0.3, -0.25) is 18.9 Å². The third-order valence-corrected chi connectivity index (χ3v) is 6.37. The predicted molar refractivity (Wildman–Crippen MR) is 137 cm³/mol. The molecule has 2 aromatic heterocycles. The van der Waals surface area contributed by atoms with E-state index in [1.807, 2.05) is 32.9 Å². The summed E-state index contributed by atoms with van der Waals surface area (Å²) in [4.78, 5) is 33.0. The molecule has 0 atom stereocenters. The van der Waals surface area contributed by atoms with Gasteiger partial charge in [0.15, 0.2) is 0 Å². The number of carbonyl (C=O) groups is 1. The highest BCUT2D eigenvalue weighted by Crippen LogP contribution is 2.33. The average Bonchev–Trinajstić information content (AvgIpc) is 3.06. The molecule has 3 heterocycles. The number of thioether (sulfide) groups is 1. The monoisotopic (exact) mass is 490 g/mol. The smallest absolute Gasteiger partial charge is 0.267 e. The van der Waals surface area contributed by atoms with E-state index in [1.165, 1.54) is 16.2 Å². The number of nitrogens with one attached hydrogen (secondary N) is 1. The highest BCUT2D eigenvalue weighted by Gasteiger charge is 2.32. The van der Waals surface area contributed by atoms with Crippen molar-refractivity contribution in [2.75, 3.05) is 44.8 Å². The van der Waals surface area contributed by atoms with Crippen LogP contribution >= 0.6 is 24.0 Å². The molecule has 0 aromatic carbocycles. The van der Waals surface area contributed by atoms with Crippen molar-refractivity contribution in [1.29, 1.82) is 0 Å². The summed E-state index contributed by atoms with van der Waals surface area (Å²) in [6.45, 7) is 9.35. The number of pyridine rings is 1. The van der Waals surface area contributed by atoms with Crippen molar-refractivity contribution in [2.45, 2.75) is 33.6 Å². The van der Waals surface area contributed by atoms with Gasteiger partial charge in [-0.15, -0.1) is 0 Å². The quantitative estimate of drug-likeness (QED) is 0.275. The van der Waals surface area contributed by atoms with Crippen LogP contribution in [-0.4, -0.2) is 64.0 Å². The highest BCUT2D eigenvalue weighted by atomic mass is 32.2. The first-order valence-electron chi connectivity index (χ1n) is 11.1. The molecule has 0 spiro atoms. The molecule has 1 aliphatic heterocycles. The van der Waals surface area contributed by atoms with Crippen LogP contribution in [0.1, 0.15) is 37.8 Å². The molecule has 33 heavy (non-hydrogen) atoms. The number of hydrogen-bond donors (Lipinski definition) is 1. The van der Waals surface area contributed by atoms with Crippen molar-refractivity contribution >= 4 is 51.7 Å². The van der Waals surface area contributed by atoms with Crippen LogP contribution in [0, 0.1) is 6.92 Å². The molecule has 3 rings (SSSR count). The summed E-state index contributed by atoms with van der Waals surface area (Å²) < 4.78 is 12.7. The Morgan fingerprint density at radius 3 is 2.61 bits per heavy atom. The highest BCUT2D eigenvalue weighted by molar-refractivity contribution is 8.26. The van der Waals surface area contributed by atoms with Gasteiger partial charge in [-0.25, -0.2) is 4.98 Å². The fraction of sp³-hybridized carbons (Fsp3) is 0.478. The summed E-state index contributed by atoms with van der Waals surface area (Å²) in [7, 11) is 0. The first-order valence-corrected chi connectivity index (χ1v) is 12.4. The molecule has 8 nitrogen and oxygen atoms in total. The normalized spacial score (nSPS) is 15.2. The average molecular weight is 491 g/mol. The van der Waals surface area contributed by atoms with E-state index >= 15 is 0 Å². The number of nitrogens with zero attached hydrogens (tertiary/aromatic N) is 3. The molecule has 2 aromatic rings. The predicted octanol–water partition coefficient (Wildman–Crippen LogP) is 3.47. The van der Waals surface area contributed by atoms with Gasteiger partial charge in [-0.2, -0.15) is 0 Å². The number of fused-ring (bicyclic) bond motifs is 1. The van der Waals surface area contributed by atoms with Crippen molar-refractivity contribution in [2.24, 2.45) is 0 Å². The molecule has 0 bridgehead atoms. The van der Waals surface area contributed by atoms with Crippen LogP contribution in [0.2, 0.25) is 0 Å². The second kappa shape index (κ2) is 12.3. The number of aryl methyl sites for hydroxylation is 1. The van der Waals surface area contributed by atoms with E-state index in [0.717, 1.165) is 12.0 Å². The second-order valence-corrected chi connectivity index (χ2v) is 9.15. The summed E-state index contributed by atoms with van der Waals surface area (Å²) in [5.74, 6) is 0.250. The maximum absolute atomic E-state index is 13.4. The molecule has 10 heteroatoms. The third-order valence-electron chi connectivity index (χ3n) is 4.99. The number of ether oxygens (including phenoxy) is 2. The number of thiocarbonyl (C=S) groups is 1. The second-order valence-electron chi connectivity index (χ2n) is 7.47. The summed E-state index contributed by atoms with van der Waals surface area (Å²) >= 11 is 6.62. The lowest BCUT2D eigenvalue weighted by molar-refractivity contribution is -0.122. The SMILES string of the molecule is CCOCCCNc1nc2ccc(C)cn2c(=O)c1/C=C1/SC(=S)N(CCCOCC)C1=O. The maximum Gasteiger partial charge on any atom is 0.267 e. The van der Waals surface area contributed by atoms with Gasteiger partial charge in [0.05, 0.1) is 10.5 Å². The molecular formula is C23H30N4O4S2. The minimum atomic E-state index is -0.238. The van der Waals surface area contributed by atoms with Crippen molar-refractivity contribution in [3.05, 3.63) is 44.7 Å². The molecule has 1 saturated heterocycles. The molecule has 1 fully saturated rings. The Kier molecular flexibility index (Phi) is 9.42. The molecule has 1 amide bonds. The third kappa shape index (κ3) is 6.41. The first kappa shape index (κ1) is 25.4. The largest absolute Gasteiger partial charge is 0.382 e. The van der Waals surface area contributed by atoms with Crippen LogP contribution in [0.5, 0.6) is 0 Å². The van der Waals surface area contributed by atoms with Crippen molar-refractivity contribution in [3.63, 3.8) is 0 Å². The molecule has 0 unspecified atom stereocenters. The van der Waals surface area contributed by atoms with Gasteiger partial charge < -0.3 is 14.8 Å². The number of carbonyl (C=O) groups excluding carboxylic acids is 1. The fourth-order valence-corrected chi connectivity index (χ4v) is 4.63. The van der Waals surface area contributed by atoms with Crippen LogP contribution in [0.4, 0.5) is 5.82 Å². The number of rotatable bonds is 12. The van der Waals surface area contributed by atoms with E-state index in [9.17, 15) is 9.59 Å². The summed E-state index contributed by atoms with van der Waals surface area (Å²) in [6.07, 6.45) is 4.82. The zero-order valence-corrected chi connectivity index (χ0v) is 20.9. The summed E-state index contributed by atoms with van der Waals surface area (Å²) in [5.41, 5.74) is 1.58. The Morgan fingerprint density at radius 1 is 1.15 bits per heavy atom. The van der Waals surface area contributed by atoms with Crippen LogP contribution in [0.25, 0.3) is 11.7 Å². The van der Waals surface area contributed by atoms with Crippen molar-refractivity contribution < 1.29 is 14.3 Å². The van der Waals surface area contributed by atoms with Crippen LogP contribution in [-0.2, 0) is 14.3 Å². The lowest BCUT2D eigenvalue weighted by Crippen LogP contribution is -2.29. The van der Waals surface area contributed by atoms with Gasteiger partial charge in [0.2, 0.25) is 0 Å². The lowest BCUT2D eigenvalue weighted by atomic mass is 10.2. The molecule has 0 saturated carbocycles. The van der Waals surface area contributed by atoms with E-state index in [-0.39, 0.29) is 11.5 Å². The topological polar surface area (TPSA) is 85.2 Å². The number of anilines is 1. The van der Waals surface area contributed by atoms with E-state index in [1.54, 1.807) is 17.2 Å². The Labute approximate surface area is 203 Å². The van der Waals surface area contributed by atoms with Gasteiger partial charge in [0.25, 0.3) is 11.5 Å². The zero-order valence-electron chi connectivity index (χ0n) is 19.3. The Bertz CT molecular complexity index is 1100. The van der Waals surface area contributed by atoms with Crippen LogP contribution in [0.15, 0.2) is 28.0 Å². The Morgan fingerprint density at radius 2 is 1.88 bits per heavy atom. The minimum Gasteiger partial charge on any atom is -0.382 e. The van der Waals surface area contributed by atoms with Gasteiger partial charge >= 0.3 is 0 Å². The zero-order chi connectivity index (χ0) is 23.8. The molecule has 178 valence electrons. The molecule has 1 N–H and O–H groups in total. The number of hydrogen-bond acceptors (Lipinski definition) is 8. The Balaban J connectivity index is 1.91. The first-order chi connectivity index (χ1) is 16.0. The van der Waals surface area contributed by atoms with E-state index in [4.69, 9.17) is 21.7 Å². The Hall–Kier alpha value is -2.27. The van der Waals surface area contributed by atoms with Gasteiger partial charge in [0, 0.05) is 45.7 Å². The van der Waals surface area contributed by atoms with Gasteiger partial charge in [-0.1, -0.05) is 30.0 Å². The summed E-state index contributed by atoms with van der Waals surface area (Å²) in [6, 6.07) is 3.72.